The van der Waals surface area contributed by atoms with E-state index < -0.39 is 5.97 Å². The number of carboxylic acids is 1. The highest BCUT2D eigenvalue weighted by Gasteiger charge is 2.62. The van der Waals surface area contributed by atoms with Crippen LogP contribution in [0.15, 0.2) is 24.3 Å². The maximum atomic E-state index is 12.5. The number of hydrogen-bond donors (Lipinski definition) is 2. The zero-order valence-electron chi connectivity index (χ0n) is 12.3. The van der Waals surface area contributed by atoms with Crippen molar-refractivity contribution in [3.05, 3.63) is 29.8 Å². The maximum Gasteiger partial charge on any atom is 0.337 e. The Kier molecular flexibility index (Phi) is 3.12. The van der Waals surface area contributed by atoms with Gasteiger partial charge in [-0.2, -0.15) is 0 Å². The molecule has 0 aromatic heterocycles. The summed E-state index contributed by atoms with van der Waals surface area (Å²) in [7, 11) is 0. The standard InChI is InChI=1S/C16H16N2O5/c19-14-12-10-5-6-11(23-10)13(12)15(20)18(14)7-17-9-4-2-1-3-8(9)16(21)22/h1-4,10-13,17H,5-7H2,(H,21,22). The number of carbonyl (C=O) groups excluding carboxylic acids is 2. The molecule has 2 N–H and O–H groups in total. The second-order valence-corrected chi connectivity index (χ2v) is 6.13. The Hall–Kier alpha value is -2.41. The van der Waals surface area contributed by atoms with E-state index in [1.807, 2.05) is 0 Å². The van der Waals surface area contributed by atoms with Gasteiger partial charge in [-0.1, -0.05) is 12.1 Å². The van der Waals surface area contributed by atoms with E-state index in [9.17, 15) is 14.4 Å². The Balaban J connectivity index is 1.51. The molecule has 0 radical (unpaired) electrons. The van der Waals surface area contributed by atoms with Gasteiger partial charge in [0.25, 0.3) is 0 Å². The summed E-state index contributed by atoms with van der Waals surface area (Å²) in [6.45, 7) is -0.0194. The second kappa shape index (κ2) is 5.06. The van der Waals surface area contributed by atoms with Gasteiger partial charge in [0.15, 0.2) is 0 Å². The van der Waals surface area contributed by atoms with E-state index in [0.29, 0.717) is 5.69 Å². The zero-order valence-corrected chi connectivity index (χ0v) is 12.3. The van der Waals surface area contributed by atoms with Gasteiger partial charge >= 0.3 is 5.97 Å². The van der Waals surface area contributed by atoms with E-state index >= 15 is 0 Å². The van der Waals surface area contributed by atoms with Crippen LogP contribution in [-0.2, 0) is 14.3 Å². The van der Waals surface area contributed by atoms with Crippen LogP contribution in [0.2, 0.25) is 0 Å². The quantitative estimate of drug-likeness (QED) is 0.802. The van der Waals surface area contributed by atoms with E-state index in [2.05, 4.69) is 5.32 Å². The van der Waals surface area contributed by atoms with Crippen LogP contribution in [-0.4, -0.2) is 46.7 Å². The first-order valence-corrected chi connectivity index (χ1v) is 7.65. The Morgan fingerprint density at radius 3 is 2.39 bits per heavy atom. The molecule has 1 aromatic carbocycles. The third kappa shape index (κ3) is 2.03. The minimum atomic E-state index is -1.06. The van der Waals surface area contributed by atoms with Crippen LogP contribution in [0.1, 0.15) is 23.2 Å². The monoisotopic (exact) mass is 316 g/mol. The number of para-hydroxylation sites is 1. The minimum absolute atomic E-state index is 0.0194. The molecule has 2 amide bonds. The summed E-state index contributed by atoms with van der Waals surface area (Å²) >= 11 is 0. The predicted molar refractivity (Wildman–Crippen MR) is 78.6 cm³/mol. The summed E-state index contributed by atoms with van der Waals surface area (Å²) in [5, 5.41) is 12.1. The molecule has 4 rings (SSSR count). The van der Waals surface area contributed by atoms with Crippen molar-refractivity contribution in [1.82, 2.24) is 4.90 Å². The fraction of sp³-hybridized carbons (Fsp3) is 0.438. The fourth-order valence-electron chi connectivity index (χ4n) is 3.92. The Labute approximate surface area is 132 Å². The predicted octanol–water partition coefficient (Wildman–Crippen LogP) is 0.917. The van der Waals surface area contributed by atoms with Crippen LogP contribution in [0.25, 0.3) is 0 Å². The fourth-order valence-corrected chi connectivity index (χ4v) is 3.92. The number of likely N-dealkylation sites (tertiary alicyclic amines) is 1. The number of anilines is 1. The third-order valence-corrected chi connectivity index (χ3v) is 4.96. The number of nitrogens with zero attached hydrogens (tertiary/aromatic N) is 1. The molecule has 0 aliphatic carbocycles. The highest BCUT2D eigenvalue weighted by Crippen LogP contribution is 2.48. The molecular formula is C16H16N2O5. The first-order valence-electron chi connectivity index (χ1n) is 7.65. The summed E-state index contributed by atoms with van der Waals surface area (Å²) in [4.78, 5) is 37.4. The smallest absolute Gasteiger partial charge is 0.337 e. The lowest BCUT2D eigenvalue weighted by Crippen LogP contribution is -2.38. The molecule has 120 valence electrons. The van der Waals surface area contributed by atoms with E-state index in [0.717, 1.165) is 12.8 Å². The average Bonchev–Trinajstić information content (AvgIpc) is 3.21. The number of carboxylic acid groups (broad SMARTS) is 1. The van der Waals surface area contributed by atoms with E-state index in [4.69, 9.17) is 9.84 Å². The number of amides is 2. The van der Waals surface area contributed by atoms with Crippen LogP contribution in [0.4, 0.5) is 5.69 Å². The van der Waals surface area contributed by atoms with Crippen molar-refractivity contribution in [2.75, 3.05) is 12.0 Å². The van der Waals surface area contributed by atoms with Crippen molar-refractivity contribution >= 4 is 23.5 Å². The summed E-state index contributed by atoms with van der Waals surface area (Å²) in [5.74, 6) is -2.22. The van der Waals surface area contributed by atoms with Gasteiger partial charge in [0.2, 0.25) is 11.8 Å². The topological polar surface area (TPSA) is 95.9 Å². The van der Waals surface area contributed by atoms with Gasteiger partial charge in [0.1, 0.15) is 0 Å². The van der Waals surface area contributed by atoms with Crippen LogP contribution in [0.5, 0.6) is 0 Å². The number of rotatable bonds is 4. The van der Waals surface area contributed by atoms with Gasteiger partial charge in [0, 0.05) is 0 Å². The first kappa shape index (κ1) is 14.2. The van der Waals surface area contributed by atoms with Gasteiger partial charge in [-0.05, 0) is 25.0 Å². The highest BCUT2D eigenvalue weighted by atomic mass is 16.5. The molecule has 4 atom stereocenters. The normalized spacial score (nSPS) is 31.6. The number of ether oxygens (including phenoxy) is 1. The number of carbonyl (C=O) groups is 3. The van der Waals surface area contributed by atoms with Crippen molar-refractivity contribution in [3.63, 3.8) is 0 Å². The lowest BCUT2D eigenvalue weighted by Gasteiger charge is -2.19. The van der Waals surface area contributed by atoms with Crippen LogP contribution >= 0.6 is 0 Å². The number of nitrogens with one attached hydrogen (secondary N) is 1. The maximum absolute atomic E-state index is 12.5. The van der Waals surface area contributed by atoms with Crippen LogP contribution in [0, 0.1) is 11.8 Å². The van der Waals surface area contributed by atoms with Gasteiger partial charge in [-0.15, -0.1) is 0 Å². The summed E-state index contributed by atoms with van der Waals surface area (Å²) < 4.78 is 5.68. The molecule has 4 unspecified atom stereocenters. The zero-order chi connectivity index (χ0) is 16.1. The van der Waals surface area contributed by atoms with Crippen molar-refractivity contribution in [2.45, 2.75) is 25.0 Å². The number of fused-ring (bicyclic) bond motifs is 5. The lowest BCUT2D eigenvalue weighted by molar-refractivity contribution is -0.142. The SMILES string of the molecule is O=C(O)c1ccccc1NCN1C(=O)C2C3CCC(O3)C2C1=O. The Morgan fingerprint density at radius 2 is 1.78 bits per heavy atom. The molecule has 3 aliphatic rings. The van der Waals surface area contributed by atoms with Crippen molar-refractivity contribution < 1.29 is 24.2 Å². The van der Waals surface area contributed by atoms with Crippen molar-refractivity contribution in [1.29, 1.82) is 0 Å². The molecule has 3 saturated heterocycles. The summed E-state index contributed by atoms with van der Waals surface area (Å²) in [6, 6.07) is 6.41. The number of benzene rings is 1. The summed E-state index contributed by atoms with van der Waals surface area (Å²) in [6.07, 6.45) is 1.37. The number of imide groups is 1. The molecular weight excluding hydrogens is 300 g/mol. The van der Waals surface area contributed by atoms with Gasteiger partial charge in [0.05, 0.1) is 42.0 Å². The third-order valence-electron chi connectivity index (χ3n) is 4.96. The average molecular weight is 316 g/mol. The van der Waals surface area contributed by atoms with Crippen molar-refractivity contribution in [3.8, 4) is 0 Å². The second-order valence-electron chi connectivity index (χ2n) is 6.13. The molecule has 1 aromatic rings. The Morgan fingerprint density at radius 1 is 1.17 bits per heavy atom. The van der Waals surface area contributed by atoms with Crippen molar-refractivity contribution in [2.24, 2.45) is 11.8 Å². The minimum Gasteiger partial charge on any atom is -0.478 e. The number of hydrogen-bond acceptors (Lipinski definition) is 5. The first-order chi connectivity index (χ1) is 11.1. The van der Waals surface area contributed by atoms with E-state index in [-0.39, 0.29) is 48.1 Å². The highest BCUT2D eigenvalue weighted by molar-refractivity contribution is 6.06. The molecule has 3 fully saturated rings. The van der Waals surface area contributed by atoms with E-state index in [1.54, 1.807) is 18.2 Å². The van der Waals surface area contributed by atoms with E-state index in [1.165, 1.54) is 11.0 Å². The lowest BCUT2D eigenvalue weighted by atomic mass is 9.81. The van der Waals surface area contributed by atoms with Gasteiger partial charge in [-0.3, -0.25) is 14.5 Å². The van der Waals surface area contributed by atoms with Gasteiger partial charge in [-0.25, -0.2) is 4.79 Å². The molecule has 3 aliphatic heterocycles. The van der Waals surface area contributed by atoms with Crippen LogP contribution < -0.4 is 5.32 Å². The molecule has 2 bridgehead atoms. The molecule has 7 heteroatoms. The van der Waals surface area contributed by atoms with Gasteiger partial charge < -0.3 is 15.2 Å². The molecule has 0 saturated carbocycles. The molecule has 0 spiro atoms. The van der Waals surface area contributed by atoms with Crippen LogP contribution in [0.3, 0.4) is 0 Å². The Bertz CT molecular complexity index is 675. The summed E-state index contributed by atoms with van der Waals surface area (Å²) in [5.41, 5.74) is 0.493. The molecule has 7 nitrogen and oxygen atoms in total. The molecule has 3 heterocycles. The largest absolute Gasteiger partial charge is 0.478 e. The molecule has 23 heavy (non-hydrogen) atoms. The number of aromatic carboxylic acids is 1.